The van der Waals surface area contributed by atoms with Gasteiger partial charge in [-0.15, -0.1) is 0 Å². The van der Waals surface area contributed by atoms with Gasteiger partial charge in [0, 0.05) is 30.7 Å². The summed E-state index contributed by atoms with van der Waals surface area (Å²) in [5.74, 6) is 1.58. The second kappa shape index (κ2) is 7.32. The molecular weight excluding hydrogens is 378 g/mol. The predicted molar refractivity (Wildman–Crippen MR) is 116 cm³/mol. The molecule has 3 N–H and O–H groups in total. The number of nitrogens with one attached hydrogen (secondary N) is 1. The van der Waals surface area contributed by atoms with Crippen LogP contribution in [-0.2, 0) is 6.54 Å². The van der Waals surface area contributed by atoms with E-state index in [2.05, 4.69) is 37.4 Å². The molecule has 0 spiro atoms. The summed E-state index contributed by atoms with van der Waals surface area (Å²) in [5.41, 5.74) is 10.2. The number of hydrogen-bond acceptors (Lipinski definition) is 7. The minimum absolute atomic E-state index is 0.208. The molecule has 0 atom stereocenters. The van der Waals surface area contributed by atoms with E-state index in [1.54, 1.807) is 25.7 Å². The van der Waals surface area contributed by atoms with Crippen LogP contribution in [0.3, 0.4) is 0 Å². The maximum Gasteiger partial charge on any atom is 0.220 e. The molecule has 0 saturated carbocycles. The molecule has 0 aliphatic carbocycles. The van der Waals surface area contributed by atoms with Crippen molar-refractivity contribution in [3.05, 3.63) is 72.7 Å². The normalized spacial score (nSPS) is 11.1. The molecule has 4 heterocycles. The molecule has 0 bridgehead atoms. The first kappa shape index (κ1) is 17.9. The van der Waals surface area contributed by atoms with Crippen molar-refractivity contribution in [2.45, 2.75) is 6.54 Å². The number of nitrogen functional groups attached to an aromatic ring is 1. The Morgan fingerprint density at radius 1 is 0.967 bits per heavy atom. The van der Waals surface area contributed by atoms with Crippen LogP contribution >= 0.6 is 0 Å². The van der Waals surface area contributed by atoms with Gasteiger partial charge in [-0.05, 0) is 23.8 Å². The molecule has 5 aromatic rings. The summed E-state index contributed by atoms with van der Waals surface area (Å²) in [4.78, 5) is 17.7. The molecule has 0 amide bonds. The van der Waals surface area contributed by atoms with Gasteiger partial charge in [-0.2, -0.15) is 0 Å². The molecule has 148 valence electrons. The lowest BCUT2D eigenvalue weighted by Crippen LogP contribution is -2.06. The quantitative estimate of drug-likeness (QED) is 0.467. The van der Waals surface area contributed by atoms with E-state index in [4.69, 9.17) is 10.5 Å². The monoisotopic (exact) mass is 397 g/mol. The highest BCUT2D eigenvalue weighted by molar-refractivity contribution is 6.07. The lowest BCUT2D eigenvalue weighted by molar-refractivity contribution is 0.419. The van der Waals surface area contributed by atoms with E-state index >= 15 is 0 Å². The van der Waals surface area contributed by atoms with Gasteiger partial charge >= 0.3 is 0 Å². The topological polar surface area (TPSA) is 103 Å². The summed E-state index contributed by atoms with van der Waals surface area (Å²) in [5, 5.41) is 4.26. The van der Waals surface area contributed by atoms with Crippen LogP contribution in [0.4, 0.5) is 11.9 Å². The Morgan fingerprint density at radius 3 is 2.57 bits per heavy atom. The fourth-order valence-electron chi connectivity index (χ4n) is 3.64. The fourth-order valence-corrected chi connectivity index (χ4v) is 3.64. The van der Waals surface area contributed by atoms with Crippen molar-refractivity contribution in [2.24, 2.45) is 0 Å². The number of anilines is 2. The van der Waals surface area contributed by atoms with E-state index < -0.39 is 0 Å². The van der Waals surface area contributed by atoms with Crippen molar-refractivity contribution in [1.29, 1.82) is 0 Å². The Kier molecular flexibility index (Phi) is 4.36. The van der Waals surface area contributed by atoms with Gasteiger partial charge in [-0.1, -0.05) is 30.3 Å². The Balaban J connectivity index is 1.76. The molecule has 4 aromatic heterocycles. The van der Waals surface area contributed by atoms with E-state index in [-0.39, 0.29) is 5.95 Å². The van der Waals surface area contributed by atoms with Gasteiger partial charge in [0.25, 0.3) is 0 Å². The van der Waals surface area contributed by atoms with E-state index in [9.17, 15) is 0 Å². The summed E-state index contributed by atoms with van der Waals surface area (Å²) >= 11 is 0. The number of benzene rings is 1. The Hall–Kier alpha value is -4.20. The SMILES string of the molecule is COc1ccnc2c1c(-c1ccnc(N)n1)c1ccnc(NCc3ccccc3)n12. The van der Waals surface area contributed by atoms with Crippen LogP contribution < -0.4 is 15.8 Å². The third-order valence-electron chi connectivity index (χ3n) is 4.94. The summed E-state index contributed by atoms with van der Waals surface area (Å²) in [6.45, 7) is 0.631. The van der Waals surface area contributed by atoms with Crippen molar-refractivity contribution >= 4 is 28.4 Å². The average molecular weight is 397 g/mol. The Bertz CT molecular complexity index is 1350. The second-order valence-corrected chi connectivity index (χ2v) is 6.72. The number of rotatable bonds is 5. The number of nitrogens with zero attached hydrogens (tertiary/aromatic N) is 5. The van der Waals surface area contributed by atoms with E-state index in [1.165, 1.54) is 0 Å². The van der Waals surface area contributed by atoms with E-state index in [1.807, 2.05) is 40.8 Å². The third-order valence-corrected chi connectivity index (χ3v) is 4.94. The average Bonchev–Trinajstić information content (AvgIpc) is 3.13. The minimum atomic E-state index is 0.208. The summed E-state index contributed by atoms with van der Waals surface area (Å²) in [6.07, 6.45) is 5.13. The molecule has 0 saturated heterocycles. The van der Waals surface area contributed by atoms with Crippen LogP contribution in [0.1, 0.15) is 5.56 Å². The van der Waals surface area contributed by atoms with Crippen LogP contribution in [0, 0.1) is 0 Å². The van der Waals surface area contributed by atoms with Gasteiger partial charge in [0.05, 0.1) is 23.7 Å². The van der Waals surface area contributed by atoms with Gasteiger partial charge < -0.3 is 15.8 Å². The molecule has 5 rings (SSSR count). The molecule has 8 nitrogen and oxygen atoms in total. The molecule has 0 fully saturated rings. The first-order valence-electron chi connectivity index (χ1n) is 9.45. The first-order valence-corrected chi connectivity index (χ1v) is 9.45. The number of aromatic nitrogens is 5. The third kappa shape index (κ3) is 2.95. The van der Waals surface area contributed by atoms with Gasteiger partial charge in [0.1, 0.15) is 5.75 Å². The van der Waals surface area contributed by atoms with Crippen molar-refractivity contribution in [2.75, 3.05) is 18.2 Å². The van der Waals surface area contributed by atoms with E-state index in [0.29, 0.717) is 23.9 Å². The highest BCUT2D eigenvalue weighted by Gasteiger charge is 2.21. The molecule has 30 heavy (non-hydrogen) atoms. The number of methoxy groups -OCH3 is 1. The molecule has 1 aromatic carbocycles. The van der Waals surface area contributed by atoms with Crippen molar-refractivity contribution < 1.29 is 4.74 Å². The van der Waals surface area contributed by atoms with Gasteiger partial charge in [-0.25, -0.2) is 19.9 Å². The van der Waals surface area contributed by atoms with Crippen molar-refractivity contribution in [1.82, 2.24) is 24.3 Å². The van der Waals surface area contributed by atoms with Crippen LogP contribution in [0.5, 0.6) is 5.75 Å². The summed E-state index contributed by atoms with van der Waals surface area (Å²) in [6, 6.07) is 15.8. The molecular formula is C22H19N7O. The van der Waals surface area contributed by atoms with Crippen LogP contribution in [0.15, 0.2) is 67.1 Å². The highest BCUT2D eigenvalue weighted by atomic mass is 16.5. The summed E-state index contributed by atoms with van der Waals surface area (Å²) in [7, 11) is 1.64. The Labute approximate surface area is 172 Å². The first-order chi connectivity index (χ1) is 14.8. The maximum absolute atomic E-state index is 5.86. The van der Waals surface area contributed by atoms with Crippen LogP contribution in [0.2, 0.25) is 0 Å². The zero-order valence-electron chi connectivity index (χ0n) is 16.3. The second-order valence-electron chi connectivity index (χ2n) is 6.72. The number of fused-ring (bicyclic) bond motifs is 3. The molecule has 0 aliphatic rings. The van der Waals surface area contributed by atoms with Gasteiger partial charge in [-0.3, -0.25) is 4.40 Å². The maximum atomic E-state index is 5.86. The van der Waals surface area contributed by atoms with E-state index in [0.717, 1.165) is 27.7 Å². The van der Waals surface area contributed by atoms with Crippen molar-refractivity contribution in [3.8, 4) is 17.0 Å². The lowest BCUT2D eigenvalue weighted by Gasteiger charge is -2.09. The number of ether oxygens (including phenoxy) is 1. The number of pyridine rings is 1. The highest BCUT2D eigenvalue weighted by Crippen LogP contribution is 2.39. The molecule has 0 unspecified atom stereocenters. The zero-order valence-corrected chi connectivity index (χ0v) is 16.3. The largest absolute Gasteiger partial charge is 0.496 e. The van der Waals surface area contributed by atoms with Gasteiger partial charge in [0.2, 0.25) is 11.9 Å². The number of hydrogen-bond donors (Lipinski definition) is 2. The van der Waals surface area contributed by atoms with Crippen LogP contribution in [0.25, 0.3) is 27.8 Å². The van der Waals surface area contributed by atoms with Crippen LogP contribution in [-0.4, -0.2) is 31.4 Å². The predicted octanol–water partition coefficient (Wildman–Crippen LogP) is 3.54. The minimum Gasteiger partial charge on any atom is -0.496 e. The summed E-state index contributed by atoms with van der Waals surface area (Å²) < 4.78 is 7.63. The molecule has 0 radical (unpaired) electrons. The Morgan fingerprint density at radius 2 is 1.77 bits per heavy atom. The molecule has 0 aliphatic heterocycles. The standard InChI is InChI=1S/C22H19N7O/c1-30-17-9-12-24-20-19(17)18(15-7-10-25-21(23)28-15)16-8-11-26-22(29(16)20)27-13-14-5-3-2-4-6-14/h2-12H,13H2,1H3,(H,26,27)(H2,23,25,28). The molecule has 8 heteroatoms. The lowest BCUT2D eigenvalue weighted by atomic mass is 10.1. The van der Waals surface area contributed by atoms with Gasteiger partial charge in [0.15, 0.2) is 5.65 Å². The smallest absolute Gasteiger partial charge is 0.220 e. The fraction of sp³-hybridized carbons (Fsp3) is 0.0909. The van der Waals surface area contributed by atoms with Crippen molar-refractivity contribution in [3.63, 3.8) is 0 Å². The zero-order chi connectivity index (χ0) is 20.5. The number of nitrogens with two attached hydrogens (primary N) is 1.